The lowest BCUT2D eigenvalue weighted by molar-refractivity contribution is 0.0539. The van der Waals surface area contributed by atoms with Crippen molar-refractivity contribution in [1.82, 2.24) is 20.2 Å². The van der Waals surface area contributed by atoms with Crippen molar-refractivity contribution in [3.05, 3.63) is 54.9 Å². The first-order chi connectivity index (χ1) is 16.3. The Labute approximate surface area is 191 Å². The monoisotopic (exact) mass is 450 g/mol. The van der Waals surface area contributed by atoms with Crippen molar-refractivity contribution in [2.24, 2.45) is 0 Å². The van der Waals surface area contributed by atoms with Crippen molar-refractivity contribution >= 4 is 10.9 Å². The number of nitrogens with zero attached hydrogens (tertiary/aromatic N) is 3. The van der Waals surface area contributed by atoms with E-state index in [4.69, 9.17) is 23.7 Å². The number of hydrogen-bond donors (Lipinski definition) is 1. The lowest BCUT2D eigenvalue weighted by Gasteiger charge is -2.14. The molecule has 0 amide bonds. The van der Waals surface area contributed by atoms with Crippen LogP contribution in [0.3, 0.4) is 0 Å². The number of ether oxygens (including phenoxy) is 5. The maximum absolute atomic E-state index is 5.98. The Balaban J connectivity index is 1.53. The minimum atomic E-state index is 0.374. The molecule has 9 nitrogen and oxygen atoms in total. The van der Waals surface area contributed by atoms with Gasteiger partial charge in [-0.2, -0.15) is 0 Å². The average Bonchev–Trinajstić information content (AvgIpc) is 3.31. The zero-order valence-electron chi connectivity index (χ0n) is 18.6. The number of benzene rings is 2. The van der Waals surface area contributed by atoms with E-state index in [2.05, 4.69) is 20.2 Å². The van der Waals surface area contributed by atoms with E-state index in [-0.39, 0.29) is 0 Å². The summed E-state index contributed by atoms with van der Waals surface area (Å²) in [5, 5.41) is 7.93. The van der Waals surface area contributed by atoms with Crippen molar-refractivity contribution in [2.75, 3.05) is 40.1 Å². The zero-order chi connectivity index (χ0) is 22.9. The van der Waals surface area contributed by atoms with Gasteiger partial charge in [-0.3, -0.25) is 5.10 Å². The Morgan fingerprint density at radius 2 is 1.70 bits per heavy atom. The Hall–Kier alpha value is -3.69. The van der Waals surface area contributed by atoms with Gasteiger partial charge in [-0.15, -0.1) is 5.10 Å². The molecule has 1 N–H and O–H groups in total. The van der Waals surface area contributed by atoms with Crippen LogP contribution in [0.25, 0.3) is 22.2 Å². The summed E-state index contributed by atoms with van der Waals surface area (Å²) in [7, 11) is 1.64. The number of H-pyrrole nitrogens is 1. The molecule has 172 valence electrons. The zero-order valence-corrected chi connectivity index (χ0v) is 18.6. The summed E-state index contributed by atoms with van der Waals surface area (Å²) in [6.07, 6.45) is 1.44. The molecular weight excluding hydrogens is 424 g/mol. The van der Waals surface area contributed by atoms with E-state index in [0.717, 1.165) is 11.3 Å². The van der Waals surface area contributed by atoms with E-state index in [0.29, 0.717) is 67.2 Å². The lowest BCUT2D eigenvalue weighted by atomic mass is 10.2. The molecule has 2 aromatic heterocycles. The third-order valence-corrected chi connectivity index (χ3v) is 4.72. The van der Waals surface area contributed by atoms with Gasteiger partial charge in [0.1, 0.15) is 12.9 Å². The summed E-state index contributed by atoms with van der Waals surface area (Å²) < 4.78 is 28.1. The molecule has 4 aromatic rings. The number of aromatic amines is 1. The Morgan fingerprint density at radius 3 is 2.52 bits per heavy atom. The van der Waals surface area contributed by atoms with Gasteiger partial charge in [0.05, 0.1) is 43.0 Å². The van der Waals surface area contributed by atoms with Crippen LogP contribution in [0.5, 0.6) is 23.3 Å². The number of fused-ring (bicyclic) bond motifs is 1. The molecule has 2 aromatic carbocycles. The summed E-state index contributed by atoms with van der Waals surface area (Å²) in [6, 6.07) is 15.3. The molecule has 0 saturated heterocycles. The topological polar surface area (TPSA) is 101 Å². The molecule has 0 fully saturated rings. The molecule has 0 aliphatic carbocycles. The molecule has 33 heavy (non-hydrogen) atoms. The highest BCUT2D eigenvalue weighted by Crippen LogP contribution is 2.36. The number of rotatable bonds is 12. The molecule has 0 radical (unpaired) electrons. The fraction of sp³-hybridized carbons (Fsp3) is 0.292. The summed E-state index contributed by atoms with van der Waals surface area (Å²) in [5.41, 5.74) is 2.53. The summed E-state index contributed by atoms with van der Waals surface area (Å²) in [5.74, 6) is 1.94. The molecular formula is C24H26N4O5. The summed E-state index contributed by atoms with van der Waals surface area (Å²) in [6.45, 7) is 4.27. The Kier molecular flexibility index (Phi) is 7.68. The van der Waals surface area contributed by atoms with E-state index in [1.807, 2.05) is 55.5 Å². The van der Waals surface area contributed by atoms with E-state index < -0.39 is 0 Å². The molecule has 0 atom stereocenters. The van der Waals surface area contributed by atoms with Crippen LogP contribution in [0.2, 0.25) is 0 Å². The normalized spacial score (nSPS) is 11.0. The fourth-order valence-electron chi connectivity index (χ4n) is 3.18. The second kappa shape index (κ2) is 11.3. The molecule has 0 unspecified atom stereocenters. The van der Waals surface area contributed by atoms with Crippen LogP contribution >= 0.6 is 0 Å². The fourth-order valence-corrected chi connectivity index (χ4v) is 3.18. The molecule has 0 bridgehead atoms. The smallest absolute Gasteiger partial charge is 0.240 e. The predicted molar refractivity (Wildman–Crippen MR) is 123 cm³/mol. The van der Waals surface area contributed by atoms with Crippen molar-refractivity contribution in [2.45, 2.75) is 6.92 Å². The van der Waals surface area contributed by atoms with Crippen LogP contribution in [-0.4, -0.2) is 60.3 Å². The van der Waals surface area contributed by atoms with Gasteiger partial charge in [0.25, 0.3) is 0 Å². The maximum atomic E-state index is 5.98. The molecule has 0 aliphatic heterocycles. The highest BCUT2D eigenvalue weighted by Gasteiger charge is 2.15. The van der Waals surface area contributed by atoms with Crippen molar-refractivity contribution in [3.8, 4) is 34.5 Å². The summed E-state index contributed by atoms with van der Waals surface area (Å²) in [4.78, 5) is 8.67. The second-order valence-corrected chi connectivity index (χ2v) is 6.97. The first-order valence-corrected chi connectivity index (χ1v) is 10.7. The second-order valence-electron chi connectivity index (χ2n) is 6.97. The van der Waals surface area contributed by atoms with E-state index in [9.17, 15) is 0 Å². The van der Waals surface area contributed by atoms with Gasteiger partial charge >= 0.3 is 0 Å². The highest BCUT2D eigenvalue weighted by atomic mass is 16.6. The molecule has 0 saturated carbocycles. The minimum absolute atomic E-state index is 0.374. The summed E-state index contributed by atoms with van der Waals surface area (Å²) >= 11 is 0. The number of methoxy groups -OCH3 is 1. The quantitative estimate of drug-likeness (QED) is 0.320. The van der Waals surface area contributed by atoms with Crippen LogP contribution in [0.1, 0.15) is 6.92 Å². The number of hydrogen-bond acceptors (Lipinski definition) is 8. The standard InChI is InChI=1S/C24H26N4O5/c1-3-31-21-13-18-20(14-22(21)32-12-11-30-10-9-29-2)25-16-26-24(18)33-23-15-19(27-28-23)17-7-5-4-6-8-17/h4-8,13-16H,3,9-12H2,1-2H3,(H,27,28). The third-order valence-electron chi connectivity index (χ3n) is 4.72. The number of nitrogens with one attached hydrogen (secondary N) is 1. The minimum Gasteiger partial charge on any atom is -0.490 e. The Bertz CT molecular complexity index is 1170. The van der Waals surface area contributed by atoms with Crippen LogP contribution in [0.15, 0.2) is 54.9 Å². The van der Waals surface area contributed by atoms with Gasteiger partial charge in [0, 0.05) is 19.2 Å². The van der Waals surface area contributed by atoms with Crippen LogP contribution in [-0.2, 0) is 9.47 Å². The van der Waals surface area contributed by atoms with Gasteiger partial charge in [0.2, 0.25) is 11.8 Å². The lowest BCUT2D eigenvalue weighted by Crippen LogP contribution is -2.10. The third kappa shape index (κ3) is 5.76. The molecule has 0 aliphatic rings. The molecule has 4 rings (SSSR count). The van der Waals surface area contributed by atoms with E-state index in [1.165, 1.54) is 6.33 Å². The van der Waals surface area contributed by atoms with Gasteiger partial charge in [-0.1, -0.05) is 30.3 Å². The van der Waals surface area contributed by atoms with E-state index in [1.54, 1.807) is 7.11 Å². The molecule has 0 spiro atoms. The van der Waals surface area contributed by atoms with Crippen LogP contribution in [0.4, 0.5) is 0 Å². The predicted octanol–water partition coefficient (Wildman–Crippen LogP) is 4.25. The Morgan fingerprint density at radius 1 is 0.879 bits per heavy atom. The first kappa shape index (κ1) is 22.5. The average molecular weight is 450 g/mol. The SMILES string of the molecule is CCOc1cc2c(Oc3cc(-c4ccccc4)[nH]n3)ncnc2cc1OCCOCCOC. The van der Waals surface area contributed by atoms with Gasteiger partial charge in [-0.05, 0) is 18.6 Å². The van der Waals surface area contributed by atoms with Gasteiger partial charge in [-0.25, -0.2) is 9.97 Å². The van der Waals surface area contributed by atoms with Crippen molar-refractivity contribution in [3.63, 3.8) is 0 Å². The van der Waals surface area contributed by atoms with Gasteiger partial charge < -0.3 is 23.7 Å². The maximum Gasteiger partial charge on any atom is 0.240 e. The molecule has 9 heteroatoms. The van der Waals surface area contributed by atoms with E-state index >= 15 is 0 Å². The van der Waals surface area contributed by atoms with Crippen molar-refractivity contribution in [1.29, 1.82) is 0 Å². The van der Waals surface area contributed by atoms with Crippen LogP contribution in [0, 0.1) is 0 Å². The largest absolute Gasteiger partial charge is 0.490 e. The molecule has 2 heterocycles. The van der Waals surface area contributed by atoms with Crippen LogP contribution < -0.4 is 14.2 Å². The highest BCUT2D eigenvalue weighted by molar-refractivity contribution is 5.87. The van der Waals surface area contributed by atoms with Crippen molar-refractivity contribution < 1.29 is 23.7 Å². The number of aromatic nitrogens is 4. The first-order valence-electron chi connectivity index (χ1n) is 10.7. The van der Waals surface area contributed by atoms with Gasteiger partial charge in [0.15, 0.2) is 11.5 Å².